The normalized spacial score (nSPS) is 9.84. The zero-order chi connectivity index (χ0) is 14.4. The first-order valence-corrected chi connectivity index (χ1v) is 6.95. The lowest BCUT2D eigenvalue weighted by atomic mass is 10.2. The van der Waals surface area contributed by atoms with Gasteiger partial charge in [-0.25, -0.2) is 9.59 Å². The number of benzene rings is 1. The van der Waals surface area contributed by atoms with Gasteiger partial charge in [0.1, 0.15) is 13.2 Å². The average Bonchev–Trinajstić information content (AvgIpc) is 2.33. The van der Waals surface area contributed by atoms with Crippen molar-refractivity contribution >= 4 is 43.8 Å². The molecule has 0 amide bonds. The van der Waals surface area contributed by atoms with Crippen molar-refractivity contribution in [1.82, 2.24) is 0 Å². The monoisotopic (exact) mass is 390 g/mol. The molecule has 0 atom stereocenters. The van der Waals surface area contributed by atoms with Gasteiger partial charge in [-0.15, -0.1) is 0 Å². The predicted molar refractivity (Wildman–Crippen MR) is 77.9 cm³/mol. The van der Waals surface area contributed by atoms with E-state index in [0.29, 0.717) is 15.6 Å². The highest BCUT2D eigenvalue weighted by Gasteiger charge is 2.12. The molecule has 1 rings (SSSR count). The molecule has 0 fully saturated rings. The third kappa shape index (κ3) is 5.16. The van der Waals surface area contributed by atoms with E-state index in [2.05, 4.69) is 38.4 Å². The van der Waals surface area contributed by atoms with Gasteiger partial charge in [0, 0.05) is 14.5 Å². The Morgan fingerprint density at radius 2 is 1.84 bits per heavy atom. The number of hydrogen-bond acceptors (Lipinski definition) is 4. The second-order valence-corrected chi connectivity index (χ2v) is 5.45. The van der Waals surface area contributed by atoms with Gasteiger partial charge in [-0.3, -0.25) is 0 Å². The molecule has 0 aliphatic rings. The van der Waals surface area contributed by atoms with Crippen LogP contribution in [0.15, 0.2) is 39.3 Å². The molecule has 0 aliphatic carbocycles. The second-order valence-electron chi connectivity index (χ2n) is 3.68. The topological polar surface area (TPSA) is 52.6 Å². The van der Waals surface area contributed by atoms with Gasteiger partial charge in [0.15, 0.2) is 0 Å². The molecule has 6 heteroatoms. The first-order valence-electron chi connectivity index (χ1n) is 5.36. The molecule has 0 aromatic heterocycles. The smallest absolute Gasteiger partial charge is 0.339 e. The van der Waals surface area contributed by atoms with Crippen LogP contribution in [0.5, 0.6) is 0 Å². The molecule has 1 aromatic rings. The highest BCUT2D eigenvalue weighted by Crippen LogP contribution is 2.22. The van der Waals surface area contributed by atoms with E-state index in [-0.39, 0.29) is 13.2 Å². The summed E-state index contributed by atoms with van der Waals surface area (Å²) in [4.78, 5) is 22.8. The van der Waals surface area contributed by atoms with Gasteiger partial charge >= 0.3 is 11.9 Å². The maximum atomic E-state index is 11.7. The maximum absolute atomic E-state index is 11.7. The Kier molecular flexibility index (Phi) is 6.24. The zero-order valence-corrected chi connectivity index (χ0v) is 13.4. The fourth-order valence-electron chi connectivity index (χ4n) is 1.12. The Bertz CT molecular complexity index is 511. The zero-order valence-electron chi connectivity index (χ0n) is 10.2. The molecule has 0 saturated heterocycles. The maximum Gasteiger partial charge on any atom is 0.339 e. The molecule has 1 aromatic carbocycles. The summed E-state index contributed by atoms with van der Waals surface area (Å²) in [6.45, 7) is 5.00. The van der Waals surface area contributed by atoms with E-state index in [4.69, 9.17) is 9.47 Å². The molecular formula is C13H12Br2O4. The van der Waals surface area contributed by atoms with Gasteiger partial charge in [-0.1, -0.05) is 22.5 Å². The third-order valence-electron chi connectivity index (χ3n) is 2.05. The number of rotatable bonds is 5. The van der Waals surface area contributed by atoms with Crippen LogP contribution in [0.4, 0.5) is 0 Å². The predicted octanol–water partition coefficient (Wildman–Crippen LogP) is 3.49. The highest BCUT2D eigenvalue weighted by atomic mass is 79.9. The minimum absolute atomic E-state index is 0.000354. The fourth-order valence-corrected chi connectivity index (χ4v) is 2.33. The largest absolute Gasteiger partial charge is 0.459 e. The number of halogens is 2. The van der Waals surface area contributed by atoms with Crippen molar-refractivity contribution in [3.05, 3.63) is 44.9 Å². The van der Waals surface area contributed by atoms with Gasteiger partial charge in [0.2, 0.25) is 0 Å². The van der Waals surface area contributed by atoms with E-state index in [9.17, 15) is 9.59 Å². The molecular weight excluding hydrogens is 380 g/mol. The summed E-state index contributed by atoms with van der Waals surface area (Å²) >= 11 is 6.56. The van der Waals surface area contributed by atoms with Crippen LogP contribution in [0.2, 0.25) is 0 Å². The minimum Gasteiger partial charge on any atom is -0.459 e. The van der Waals surface area contributed by atoms with E-state index >= 15 is 0 Å². The summed E-state index contributed by atoms with van der Waals surface area (Å²) in [5, 5.41) is 0. The Balaban J connectivity index is 2.43. The lowest BCUT2D eigenvalue weighted by Crippen LogP contribution is -2.14. The molecule has 0 N–H and O–H groups in total. The van der Waals surface area contributed by atoms with Crippen LogP contribution < -0.4 is 0 Å². The van der Waals surface area contributed by atoms with E-state index in [1.54, 1.807) is 25.1 Å². The van der Waals surface area contributed by atoms with Gasteiger partial charge < -0.3 is 9.47 Å². The standard InChI is InChI=1S/C13H12Br2O4/c1-8(2)12(16)18-5-6-19-13(17)10-4-3-9(14)7-11(10)15/h3-4,7H,1,5-6H2,2H3. The molecule has 0 spiro atoms. The summed E-state index contributed by atoms with van der Waals surface area (Å²) in [5.41, 5.74) is 0.719. The molecule has 4 nitrogen and oxygen atoms in total. The molecule has 0 bridgehead atoms. The lowest BCUT2D eigenvalue weighted by molar-refractivity contribution is -0.140. The fraction of sp³-hybridized carbons (Fsp3) is 0.231. The van der Waals surface area contributed by atoms with Crippen molar-refractivity contribution in [3.63, 3.8) is 0 Å². The van der Waals surface area contributed by atoms with Crippen molar-refractivity contribution < 1.29 is 19.1 Å². The Labute approximate surface area is 128 Å². The van der Waals surface area contributed by atoms with Crippen LogP contribution in [0.25, 0.3) is 0 Å². The van der Waals surface area contributed by atoms with E-state index < -0.39 is 11.9 Å². The summed E-state index contributed by atoms with van der Waals surface area (Å²) in [5.74, 6) is -0.980. The quantitative estimate of drug-likeness (QED) is 0.438. The first-order chi connectivity index (χ1) is 8.91. The van der Waals surface area contributed by atoms with Crippen molar-refractivity contribution in [1.29, 1.82) is 0 Å². The molecule has 0 aliphatic heterocycles. The van der Waals surface area contributed by atoms with Crippen LogP contribution in [0.1, 0.15) is 17.3 Å². The first kappa shape index (κ1) is 15.9. The van der Waals surface area contributed by atoms with Crippen molar-refractivity contribution in [2.75, 3.05) is 13.2 Å². The van der Waals surface area contributed by atoms with Gasteiger partial charge in [0.25, 0.3) is 0 Å². The number of carbonyl (C=O) groups is 2. The Morgan fingerprint density at radius 3 is 2.42 bits per heavy atom. The van der Waals surface area contributed by atoms with Gasteiger partial charge in [-0.05, 0) is 41.1 Å². The third-order valence-corrected chi connectivity index (χ3v) is 3.20. The number of carbonyl (C=O) groups excluding carboxylic acids is 2. The molecule has 0 unspecified atom stereocenters. The van der Waals surface area contributed by atoms with Crippen LogP contribution in [0, 0.1) is 0 Å². The molecule has 0 radical (unpaired) electrons. The minimum atomic E-state index is -0.499. The SMILES string of the molecule is C=C(C)C(=O)OCCOC(=O)c1ccc(Br)cc1Br. The van der Waals surface area contributed by atoms with E-state index in [0.717, 1.165) is 4.47 Å². The summed E-state index contributed by atoms with van der Waals surface area (Å²) in [6, 6.07) is 5.12. The molecule has 0 saturated carbocycles. The van der Waals surface area contributed by atoms with Gasteiger partial charge in [-0.2, -0.15) is 0 Å². The summed E-state index contributed by atoms with van der Waals surface area (Å²) in [7, 11) is 0. The lowest BCUT2D eigenvalue weighted by Gasteiger charge is -2.07. The van der Waals surface area contributed by atoms with Crippen molar-refractivity contribution in [3.8, 4) is 0 Å². The Hall–Kier alpha value is -1.14. The second kappa shape index (κ2) is 7.45. The number of esters is 2. The Morgan fingerprint density at radius 1 is 1.21 bits per heavy atom. The van der Waals surface area contributed by atoms with E-state index in [1.807, 2.05) is 0 Å². The van der Waals surface area contributed by atoms with Crippen molar-refractivity contribution in [2.45, 2.75) is 6.92 Å². The van der Waals surface area contributed by atoms with Crippen LogP contribution in [-0.4, -0.2) is 25.2 Å². The van der Waals surface area contributed by atoms with E-state index in [1.165, 1.54) is 0 Å². The number of ether oxygens (including phenoxy) is 2. The molecule has 102 valence electrons. The summed E-state index contributed by atoms with van der Waals surface area (Å²) in [6.07, 6.45) is 0. The van der Waals surface area contributed by atoms with Gasteiger partial charge in [0.05, 0.1) is 5.56 Å². The highest BCUT2D eigenvalue weighted by molar-refractivity contribution is 9.11. The van der Waals surface area contributed by atoms with Crippen LogP contribution in [0.3, 0.4) is 0 Å². The molecule has 19 heavy (non-hydrogen) atoms. The van der Waals surface area contributed by atoms with Crippen LogP contribution in [-0.2, 0) is 14.3 Å². The molecule has 0 heterocycles. The summed E-state index contributed by atoms with van der Waals surface area (Å²) < 4.78 is 11.3. The van der Waals surface area contributed by atoms with Crippen molar-refractivity contribution in [2.24, 2.45) is 0 Å². The van der Waals surface area contributed by atoms with Crippen LogP contribution >= 0.6 is 31.9 Å². The average molecular weight is 392 g/mol. The number of hydrogen-bond donors (Lipinski definition) is 0.